The minimum Gasteiger partial charge on any atom is -0.473 e. The van der Waals surface area contributed by atoms with Crippen molar-refractivity contribution in [3.05, 3.63) is 94.0 Å². The number of carbonyl (C=O) groups is 1. The summed E-state index contributed by atoms with van der Waals surface area (Å²) >= 11 is 0. The van der Waals surface area contributed by atoms with Gasteiger partial charge in [-0.25, -0.2) is 4.98 Å². The second-order valence-corrected chi connectivity index (χ2v) is 7.97. The molecule has 0 saturated carbocycles. The molecule has 1 aromatic heterocycles. The Labute approximate surface area is 187 Å². The maximum atomic E-state index is 12.7. The standard InChI is InChI=1S/C25H28N4O3/c1-19(28-13-11-26-12-14-28)21-7-9-22(10-8-21)23(30)16-29-18-27-24(15-25(29)31)32-17-20-5-3-2-4-6-20/h2-10,15,18-19,26H,11-14,16-17H2,1H3. The Morgan fingerprint density at radius 1 is 1.09 bits per heavy atom. The van der Waals surface area contributed by atoms with Gasteiger partial charge in [0, 0.05) is 37.8 Å². The van der Waals surface area contributed by atoms with Gasteiger partial charge in [0.15, 0.2) is 5.78 Å². The Balaban J connectivity index is 1.36. The van der Waals surface area contributed by atoms with E-state index in [9.17, 15) is 9.59 Å². The first kappa shape index (κ1) is 21.9. The second kappa shape index (κ2) is 10.3. The predicted octanol–water partition coefficient (Wildman–Crippen LogP) is 2.67. The van der Waals surface area contributed by atoms with Gasteiger partial charge < -0.3 is 10.1 Å². The molecular formula is C25H28N4O3. The van der Waals surface area contributed by atoms with Gasteiger partial charge in [0.05, 0.1) is 12.6 Å². The lowest BCUT2D eigenvalue weighted by atomic mass is 10.0. The number of ether oxygens (including phenoxy) is 1. The van der Waals surface area contributed by atoms with Gasteiger partial charge in [-0.15, -0.1) is 0 Å². The van der Waals surface area contributed by atoms with Crippen LogP contribution in [-0.2, 0) is 13.2 Å². The molecule has 3 aromatic rings. The summed E-state index contributed by atoms with van der Waals surface area (Å²) in [7, 11) is 0. The SMILES string of the molecule is CC(c1ccc(C(=O)Cn2cnc(OCc3ccccc3)cc2=O)cc1)N1CCNCC1. The van der Waals surface area contributed by atoms with E-state index >= 15 is 0 Å². The average Bonchev–Trinajstić information content (AvgIpc) is 2.85. The van der Waals surface area contributed by atoms with E-state index in [4.69, 9.17) is 4.74 Å². The molecule has 0 spiro atoms. The van der Waals surface area contributed by atoms with Crippen LogP contribution in [-0.4, -0.2) is 46.4 Å². The van der Waals surface area contributed by atoms with Crippen molar-refractivity contribution in [1.82, 2.24) is 19.8 Å². The number of benzene rings is 2. The first-order chi connectivity index (χ1) is 15.6. The number of hydrogen-bond donors (Lipinski definition) is 1. The van der Waals surface area contributed by atoms with Crippen LogP contribution < -0.4 is 15.6 Å². The van der Waals surface area contributed by atoms with Gasteiger partial charge in [-0.1, -0.05) is 54.6 Å². The molecule has 0 bridgehead atoms. The highest BCUT2D eigenvalue weighted by Gasteiger charge is 2.18. The number of hydrogen-bond acceptors (Lipinski definition) is 6. The third kappa shape index (κ3) is 5.49. The fourth-order valence-corrected chi connectivity index (χ4v) is 3.81. The maximum Gasteiger partial charge on any atom is 0.257 e. The molecule has 1 fully saturated rings. The Hall–Kier alpha value is -3.29. The molecular weight excluding hydrogens is 404 g/mol. The quantitative estimate of drug-likeness (QED) is 0.552. The topological polar surface area (TPSA) is 76.5 Å². The number of Topliss-reactive ketones (excluding diaryl/α,β-unsaturated/α-hetero) is 1. The van der Waals surface area contributed by atoms with Gasteiger partial charge in [0.2, 0.25) is 5.88 Å². The van der Waals surface area contributed by atoms with Crippen molar-refractivity contribution in [2.75, 3.05) is 26.2 Å². The van der Waals surface area contributed by atoms with E-state index in [1.165, 1.54) is 22.5 Å². The second-order valence-electron chi connectivity index (χ2n) is 7.97. The summed E-state index contributed by atoms with van der Waals surface area (Å²) in [5.41, 5.74) is 2.43. The van der Waals surface area contributed by atoms with E-state index in [2.05, 4.69) is 22.1 Å². The highest BCUT2D eigenvalue weighted by Crippen LogP contribution is 2.21. The molecule has 1 atom stereocenters. The number of rotatable bonds is 8. The molecule has 4 rings (SSSR count). The first-order valence-electron chi connectivity index (χ1n) is 10.9. The maximum absolute atomic E-state index is 12.7. The lowest BCUT2D eigenvalue weighted by Gasteiger charge is -2.33. The van der Waals surface area contributed by atoms with Crippen molar-refractivity contribution in [3.8, 4) is 5.88 Å². The van der Waals surface area contributed by atoms with Crippen molar-refractivity contribution < 1.29 is 9.53 Å². The fourth-order valence-electron chi connectivity index (χ4n) is 3.81. The highest BCUT2D eigenvalue weighted by molar-refractivity contribution is 5.95. The van der Waals surface area contributed by atoms with Crippen LogP contribution in [0.25, 0.3) is 0 Å². The monoisotopic (exact) mass is 432 g/mol. The zero-order valence-electron chi connectivity index (χ0n) is 18.2. The first-order valence-corrected chi connectivity index (χ1v) is 10.9. The number of piperazine rings is 1. The van der Waals surface area contributed by atoms with Gasteiger partial charge in [-0.2, -0.15) is 0 Å². The normalized spacial score (nSPS) is 15.3. The van der Waals surface area contributed by atoms with Crippen molar-refractivity contribution in [1.29, 1.82) is 0 Å². The smallest absolute Gasteiger partial charge is 0.257 e. The molecule has 7 heteroatoms. The summed E-state index contributed by atoms with van der Waals surface area (Å²) in [6, 6.07) is 19.0. The Morgan fingerprint density at radius 3 is 2.50 bits per heavy atom. The summed E-state index contributed by atoms with van der Waals surface area (Å²) < 4.78 is 6.89. The Kier molecular flexibility index (Phi) is 7.09. The predicted molar refractivity (Wildman–Crippen MR) is 123 cm³/mol. The summed E-state index contributed by atoms with van der Waals surface area (Å²) in [6.45, 7) is 6.49. The molecule has 32 heavy (non-hydrogen) atoms. The lowest BCUT2D eigenvalue weighted by Crippen LogP contribution is -2.44. The number of carbonyl (C=O) groups excluding carboxylic acids is 1. The van der Waals surface area contributed by atoms with Gasteiger partial charge in [0.25, 0.3) is 5.56 Å². The van der Waals surface area contributed by atoms with Crippen LogP contribution in [0, 0.1) is 0 Å². The van der Waals surface area contributed by atoms with Crippen LogP contribution in [0.1, 0.15) is 34.5 Å². The Bertz CT molecular complexity index is 1090. The van der Waals surface area contributed by atoms with E-state index in [1.807, 2.05) is 54.6 Å². The minimum atomic E-state index is -0.319. The van der Waals surface area contributed by atoms with Crippen LogP contribution in [0.5, 0.6) is 5.88 Å². The average molecular weight is 433 g/mol. The van der Waals surface area contributed by atoms with Crippen molar-refractivity contribution in [2.24, 2.45) is 0 Å². The Morgan fingerprint density at radius 2 is 1.81 bits per heavy atom. The van der Waals surface area contributed by atoms with Crippen molar-refractivity contribution in [2.45, 2.75) is 26.1 Å². The third-order valence-electron chi connectivity index (χ3n) is 5.81. The molecule has 2 aromatic carbocycles. The van der Waals surface area contributed by atoms with Crippen molar-refractivity contribution >= 4 is 5.78 Å². The van der Waals surface area contributed by atoms with Crippen LogP contribution in [0.2, 0.25) is 0 Å². The number of aromatic nitrogens is 2. The fraction of sp³-hybridized carbons (Fsp3) is 0.320. The minimum absolute atomic E-state index is 0.0580. The zero-order valence-corrected chi connectivity index (χ0v) is 18.2. The van der Waals surface area contributed by atoms with Crippen LogP contribution >= 0.6 is 0 Å². The lowest BCUT2D eigenvalue weighted by molar-refractivity contribution is 0.0970. The molecule has 0 aliphatic carbocycles. The summed E-state index contributed by atoms with van der Waals surface area (Å²) in [5.74, 6) is 0.113. The van der Waals surface area contributed by atoms with Crippen LogP contribution in [0.15, 0.2) is 71.8 Å². The number of ketones is 1. The largest absolute Gasteiger partial charge is 0.473 e. The molecule has 7 nitrogen and oxygen atoms in total. The molecule has 0 amide bonds. The van der Waals surface area contributed by atoms with Crippen LogP contribution in [0.3, 0.4) is 0 Å². The number of nitrogens with one attached hydrogen (secondary N) is 1. The van der Waals surface area contributed by atoms with Crippen LogP contribution in [0.4, 0.5) is 0 Å². The van der Waals surface area contributed by atoms with E-state index in [0.717, 1.165) is 31.7 Å². The molecule has 1 saturated heterocycles. The van der Waals surface area contributed by atoms with Gasteiger partial charge in [-0.05, 0) is 18.1 Å². The number of nitrogens with zero attached hydrogens (tertiary/aromatic N) is 3. The zero-order chi connectivity index (χ0) is 22.3. The van der Waals surface area contributed by atoms with Gasteiger partial charge in [-0.3, -0.25) is 19.1 Å². The van der Waals surface area contributed by atoms with Crippen molar-refractivity contribution in [3.63, 3.8) is 0 Å². The highest BCUT2D eigenvalue weighted by atomic mass is 16.5. The van der Waals surface area contributed by atoms with E-state index in [1.54, 1.807) is 0 Å². The van der Waals surface area contributed by atoms with Gasteiger partial charge in [0.1, 0.15) is 12.9 Å². The van der Waals surface area contributed by atoms with Gasteiger partial charge >= 0.3 is 0 Å². The summed E-state index contributed by atoms with van der Waals surface area (Å²) in [4.78, 5) is 31.7. The summed E-state index contributed by atoms with van der Waals surface area (Å²) in [5, 5.41) is 3.36. The molecule has 1 aliphatic rings. The molecule has 1 N–H and O–H groups in total. The molecule has 1 aliphatic heterocycles. The molecule has 2 heterocycles. The molecule has 1 unspecified atom stereocenters. The molecule has 0 radical (unpaired) electrons. The van der Waals surface area contributed by atoms with E-state index in [0.29, 0.717) is 18.2 Å². The summed E-state index contributed by atoms with van der Waals surface area (Å²) in [6.07, 6.45) is 1.36. The molecule has 166 valence electrons. The van der Waals surface area contributed by atoms with E-state index in [-0.39, 0.29) is 23.8 Å². The third-order valence-corrected chi connectivity index (χ3v) is 5.81. The van der Waals surface area contributed by atoms with E-state index < -0.39 is 0 Å².